The molecule has 1 aliphatic rings. The Morgan fingerprint density at radius 3 is 2.59 bits per heavy atom. The van der Waals surface area contributed by atoms with Crippen LogP contribution in [-0.2, 0) is 19.3 Å². The van der Waals surface area contributed by atoms with E-state index in [2.05, 4.69) is 17.4 Å². The van der Waals surface area contributed by atoms with Gasteiger partial charge < -0.3 is 10.1 Å². The standard InChI is InChI=1S/C19H21NO2/c1-22-18-13-16-9-5-8-15(16)12-17(18)10-11-20-19(21)14-6-3-2-4-7-14/h2-4,6-7,12-13H,5,8-11H2,1H3,(H,20,21). The quantitative estimate of drug-likeness (QED) is 0.920. The monoisotopic (exact) mass is 295 g/mol. The average Bonchev–Trinajstić information content (AvgIpc) is 3.02. The summed E-state index contributed by atoms with van der Waals surface area (Å²) in [5.74, 6) is 0.912. The first-order valence-corrected chi connectivity index (χ1v) is 7.80. The smallest absolute Gasteiger partial charge is 0.251 e. The van der Waals surface area contributed by atoms with Crippen LogP contribution in [-0.4, -0.2) is 19.6 Å². The van der Waals surface area contributed by atoms with Crippen molar-refractivity contribution in [2.75, 3.05) is 13.7 Å². The van der Waals surface area contributed by atoms with Crippen molar-refractivity contribution in [3.63, 3.8) is 0 Å². The molecule has 2 aromatic carbocycles. The fourth-order valence-electron chi connectivity index (χ4n) is 3.04. The number of nitrogens with one attached hydrogen (secondary N) is 1. The molecule has 0 fully saturated rings. The first-order chi connectivity index (χ1) is 10.8. The third-order valence-electron chi connectivity index (χ3n) is 4.21. The molecule has 3 rings (SSSR count). The maximum Gasteiger partial charge on any atom is 0.251 e. The van der Waals surface area contributed by atoms with Gasteiger partial charge in [0.05, 0.1) is 7.11 Å². The Bertz CT molecular complexity index is 665. The van der Waals surface area contributed by atoms with Crippen molar-refractivity contribution < 1.29 is 9.53 Å². The first-order valence-electron chi connectivity index (χ1n) is 7.80. The summed E-state index contributed by atoms with van der Waals surface area (Å²) in [5, 5.41) is 2.97. The minimum absolute atomic E-state index is 0.0271. The number of ether oxygens (including phenoxy) is 1. The van der Waals surface area contributed by atoms with Gasteiger partial charge in [-0.25, -0.2) is 0 Å². The van der Waals surface area contributed by atoms with E-state index < -0.39 is 0 Å². The topological polar surface area (TPSA) is 38.3 Å². The molecule has 1 amide bonds. The second-order valence-electron chi connectivity index (χ2n) is 5.66. The third kappa shape index (κ3) is 3.14. The number of hydrogen-bond donors (Lipinski definition) is 1. The molecule has 1 aliphatic carbocycles. The maximum absolute atomic E-state index is 12.0. The Balaban J connectivity index is 1.63. The molecule has 2 aromatic rings. The molecule has 3 nitrogen and oxygen atoms in total. The molecule has 0 saturated carbocycles. The molecule has 0 atom stereocenters. The molecule has 0 radical (unpaired) electrons. The van der Waals surface area contributed by atoms with E-state index in [1.807, 2.05) is 30.3 Å². The van der Waals surface area contributed by atoms with Crippen LogP contribution in [0, 0.1) is 0 Å². The van der Waals surface area contributed by atoms with Gasteiger partial charge in [-0.1, -0.05) is 24.3 Å². The van der Waals surface area contributed by atoms with Crippen LogP contribution in [0.25, 0.3) is 0 Å². The van der Waals surface area contributed by atoms with Crippen LogP contribution in [0.5, 0.6) is 5.75 Å². The van der Waals surface area contributed by atoms with Gasteiger partial charge >= 0.3 is 0 Å². The van der Waals surface area contributed by atoms with E-state index in [0.29, 0.717) is 12.1 Å². The lowest BCUT2D eigenvalue weighted by Crippen LogP contribution is -2.25. The Morgan fingerprint density at radius 2 is 1.86 bits per heavy atom. The van der Waals surface area contributed by atoms with Gasteiger partial charge in [-0.3, -0.25) is 4.79 Å². The maximum atomic E-state index is 12.0. The summed E-state index contributed by atoms with van der Waals surface area (Å²) in [7, 11) is 1.71. The predicted molar refractivity (Wildman–Crippen MR) is 87.5 cm³/mol. The number of fused-ring (bicyclic) bond motifs is 1. The summed E-state index contributed by atoms with van der Waals surface area (Å²) in [5.41, 5.74) is 4.72. The highest BCUT2D eigenvalue weighted by atomic mass is 16.5. The Labute approximate surface area is 131 Å². The van der Waals surface area contributed by atoms with Crippen molar-refractivity contribution in [3.8, 4) is 5.75 Å². The second-order valence-corrected chi connectivity index (χ2v) is 5.66. The number of rotatable bonds is 5. The van der Waals surface area contributed by atoms with Crippen LogP contribution in [0.1, 0.15) is 33.5 Å². The first kappa shape index (κ1) is 14.6. The molecule has 0 unspecified atom stereocenters. The highest BCUT2D eigenvalue weighted by Gasteiger charge is 2.15. The number of methoxy groups -OCH3 is 1. The van der Waals surface area contributed by atoms with Crippen LogP contribution >= 0.6 is 0 Å². The Kier molecular flexibility index (Phi) is 4.42. The number of carbonyl (C=O) groups is 1. The van der Waals surface area contributed by atoms with E-state index in [1.165, 1.54) is 23.1 Å². The summed E-state index contributed by atoms with van der Waals surface area (Å²) >= 11 is 0. The molecule has 114 valence electrons. The summed E-state index contributed by atoms with van der Waals surface area (Å²) in [6.45, 7) is 0.614. The Hall–Kier alpha value is -2.29. The molecule has 0 heterocycles. The van der Waals surface area contributed by atoms with Crippen molar-refractivity contribution in [3.05, 3.63) is 64.7 Å². The van der Waals surface area contributed by atoms with Crippen molar-refractivity contribution in [2.24, 2.45) is 0 Å². The van der Waals surface area contributed by atoms with Gasteiger partial charge in [-0.15, -0.1) is 0 Å². The minimum atomic E-state index is -0.0271. The molecule has 0 bridgehead atoms. The zero-order valence-corrected chi connectivity index (χ0v) is 12.9. The SMILES string of the molecule is COc1cc2c(cc1CCNC(=O)c1ccccc1)CCC2. The van der Waals surface area contributed by atoms with Crippen LogP contribution in [0.4, 0.5) is 0 Å². The van der Waals surface area contributed by atoms with Gasteiger partial charge in [-0.2, -0.15) is 0 Å². The van der Waals surface area contributed by atoms with Crippen LogP contribution in [0.2, 0.25) is 0 Å². The van der Waals surface area contributed by atoms with E-state index >= 15 is 0 Å². The lowest BCUT2D eigenvalue weighted by Gasteiger charge is -2.12. The van der Waals surface area contributed by atoms with E-state index in [-0.39, 0.29) is 5.91 Å². The lowest BCUT2D eigenvalue weighted by atomic mass is 10.0. The largest absolute Gasteiger partial charge is 0.496 e. The molecule has 0 saturated heterocycles. The van der Waals surface area contributed by atoms with Gasteiger partial charge in [0.1, 0.15) is 5.75 Å². The van der Waals surface area contributed by atoms with E-state index in [9.17, 15) is 4.79 Å². The van der Waals surface area contributed by atoms with Crippen molar-refractivity contribution in [1.29, 1.82) is 0 Å². The Morgan fingerprint density at radius 1 is 1.14 bits per heavy atom. The van der Waals surface area contributed by atoms with Crippen LogP contribution in [0.15, 0.2) is 42.5 Å². The zero-order chi connectivity index (χ0) is 15.4. The summed E-state index contributed by atoms with van der Waals surface area (Å²) in [6.07, 6.45) is 4.32. The number of aryl methyl sites for hydroxylation is 2. The zero-order valence-electron chi connectivity index (χ0n) is 12.9. The average molecular weight is 295 g/mol. The highest BCUT2D eigenvalue weighted by molar-refractivity contribution is 5.94. The molecule has 0 spiro atoms. The van der Waals surface area contributed by atoms with Gasteiger partial charge in [0.15, 0.2) is 0 Å². The minimum Gasteiger partial charge on any atom is -0.496 e. The third-order valence-corrected chi connectivity index (χ3v) is 4.21. The number of benzene rings is 2. The summed E-state index contributed by atoms with van der Waals surface area (Å²) < 4.78 is 5.50. The molecule has 1 N–H and O–H groups in total. The molecule has 22 heavy (non-hydrogen) atoms. The fourth-order valence-corrected chi connectivity index (χ4v) is 3.04. The van der Waals surface area contributed by atoms with Gasteiger partial charge in [0.2, 0.25) is 0 Å². The summed E-state index contributed by atoms with van der Waals surface area (Å²) in [4.78, 5) is 12.0. The van der Waals surface area contributed by atoms with E-state index in [1.54, 1.807) is 7.11 Å². The van der Waals surface area contributed by atoms with Crippen molar-refractivity contribution >= 4 is 5.91 Å². The summed E-state index contributed by atoms with van der Waals surface area (Å²) in [6, 6.07) is 13.7. The molecule has 0 aliphatic heterocycles. The molecule has 3 heteroatoms. The highest BCUT2D eigenvalue weighted by Crippen LogP contribution is 2.30. The number of amides is 1. The number of carbonyl (C=O) groups excluding carboxylic acids is 1. The van der Waals surface area contributed by atoms with E-state index in [0.717, 1.165) is 25.0 Å². The second kappa shape index (κ2) is 6.65. The van der Waals surface area contributed by atoms with Crippen molar-refractivity contribution in [2.45, 2.75) is 25.7 Å². The normalized spacial score (nSPS) is 12.8. The fraction of sp³-hybridized carbons (Fsp3) is 0.316. The van der Waals surface area contributed by atoms with Crippen LogP contribution in [0.3, 0.4) is 0 Å². The van der Waals surface area contributed by atoms with Gasteiger partial charge in [0.25, 0.3) is 5.91 Å². The van der Waals surface area contributed by atoms with Gasteiger partial charge in [-0.05, 0) is 60.6 Å². The predicted octanol–water partition coefficient (Wildman–Crippen LogP) is 3.16. The van der Waals surface area contributed by atoms with Crippen LogP contribution < -0.4 is 10.1 Å². The van der Waals surface area contributed by atoms with Gasteiger partial charge in [0, 0.05) is 12.1 Å². The van der Waals surface area contributed by atoms with Crippen molar-refractivity contribution in [1.82, 2.24) is 5.32 Å². The molecule has 0 aromatic heterocycles. The lowest BCUT2D eigenvalue weighted by molar-refractivity contribution is 0.0954. The molecular formula is C19H21NO2. The molecular weight excluding hydrogens is 274 g/mol. The van der Waals surface area contributed by atoms with E-state index in [4.69, 9.17) is 4.74 Å². The number of hydrogen-bond acceptors (Lipinski definition) is 2.